The van der Waals surface area contributed by atoms with E-state index in [-0.39, 0.29) is 6.61 Å². The molecule has 2 saturated heterocycles. The number of aliphatic hydroxyl groups excluding tert-OH is 1. The van der Waals surface area contributed by atoms with Crippen LogP contribution in [0.15, 0.2) is 16.5 Å². The summed E-state index contributed by atoms with van der Waals surface area (Å²) in [7, 11) is 2.28. The summed E-state index contributed by atoms with van der Waals surface area (Å²) in [5.74, 6) is 2.37. The summed E-state index contributed by atoms with van der Waals surface area (Å²) in [5.41, 5.74) is 0. The van der Waals surface area contributed by atoms with Crippen molar-refractivity contribution in [3.8, 4) is 0 Å². The molecule has 3 heterocycles. The van der Waals surface area contributed by atoms with Crippen molar-refractivity contribution in [3.05, 3.63) is 23.7 Å². The fourth-order valence-electron chi connectivity index (χ4n) is 3.69. The molecule has 0 aliphatic carbocycles. The molecule has 106 valence electrons. The first-order valence-corrected chi connectivity index (χ1v) is 7.37. The maximum atomic E-state index is 8.95. The lowest BCUT2D eigenvalue weighted by Gasteiger charge is -2.36. The molecule has 0 radical (unpaired) electrons. The van der Waals surface area contributed by atoms with E-state index >= 15 is 0 Å². The summed E-state index contributed by atoms with van der Waals surface area (Å²) in [6.45, 7) is 1.83. The maximum absolute atomic E-state index is 8.95. The molecule has 19 heavy (non-hydrogen) atoms. The van der Waals surface area contributed by atoms with Gasteiger partial charge in [-0.05, 0) is 57.3 Å². The average Bonchev–Trinajstić information content (AvgIpc) is 2.93. The summed E-state index contributed by atoms with van der Waals surface area (Å²) in [5, 5.41) is 12.5. The van der Waals surface area contributed by atoms with E-state index in [2.05, 4.69) is 17.3 Å². The average molecular weight is 264 g/mol. The van der Waals surface area contributed by atoms with E-state index in [9.17, 15) is 0 Å². The Hall–Kier alpha value is -0.840. The molecule has 2 aliphatic heterocycles. The zero-order valence-corrected chi connectivity index (χ0v) is 11.6. The summed E-state index contributed by atoms with van der Waals surface area (Å²) in [6, 6.07) is 5.41. The van der Waals surface area contributed by atoms with Crippen molar-refractivity contribution in [1.82, 2.24) is 10.2 Å². The van der Waals surface area contributed by atoms with Crippen LogP contribution in [0.1, 0.15) is 37.2 Å². The van der Waals surface area contributed by atoms with E-state index in [1.165, 1.54) is 25.7 Å². The second-order valence-electron chi connectivity index (χ2n) is 6.04. The van der Waals surface area contributed by atoms with Crippen molar-refractivity contribution in [2.75, 3.05) is 13.6 Å². The van der Waals surface area contributed by atoms with Gasteiger partial charge in [-0.2, -0.15) is 0 Å². The first-order chi connectivity index (χ1) is 9.26. The Kier molecular flexibility index (Phi) is 3.91. The van der Waals surface area contributed by atoms with Gasteiger partial charge < -0.3 is 19.7 Å². The van der Waals surface area contributed by atoms with Crippen LogP contribution in [0.2, 0.25) is 0 Å². The molecule has 0 aromatic carbocycles. The summed E-state index contributed by atoms with van der Waals surface area (Å²) in [6.07, 6.45) is 5.44. The van der Waals surface area contributed by atoms with Gasteiger partial charge in [0.15, 0.2) is 0 Å². The third-order valence-corrected chi connectivity index (χ3v) is 4.80. The Labute approximate surface area is 114 Å². The van der Waals surface area contributed by atoms with Crippen molar-refractivity contribution in [2.45, 2.75) is 50.9 Å². The molecule has 4 heteroatoms. The molecule has 2 fully saturated rings. The predicted octanol–water partition coefficient (Wildman–Crippen LogP) is 1.73. The SMILES string of the molecule is CN1C2CCC1CC(CNCc1ccc(CO)o1)C2. The van der Waals surface area contributed by atoms with Gasteiger partial charge in [0.1, 0.15) is 18.1 Å². The topological polar surface area (TPSA) is 48.6 Å². The number of aliphatic hydroxyl groups is 1. The van der Waals surface area contributed by atoms with Gasteiger partial charge >= 0.3 is 0 Å². The second-order valence-corrected chi connectivity index (χ2v) is 6.04. The lowest BCUT2D eigenvalue weighted by Crippen LogP contribution is -2.42. The van der Waals surface area contributed by atoms with Crippen LogP contribution in [0, 0.1) is 5.92 Å². The summed E-state index contributed by atoms with van der Waals surface area (Å²) >= 11 is 0. The number of furan rings is 1. The Morgan fingerprint density at radius 2 is 1.95 bits per heavy atom. The smallest absolute Gasteiger partial charge is 0.129 e. The minimum atomic E-state index is -0.0156. The van der Waals surface area contributed by atoms with Crippen LogP contribution in [-0.4, -0.2) is 35.7 Å². The van der Waals surface area contributed by atoms with Crippen molar-refractivity contribution in [2.24, 2.45) is 5.92 Å². The van der Waals surface area contributed by atoms with E-state index < -0.39 is 0 Å². The van der Waals surface area contributed by atoms with Crippen molar-refractivity contribution in [3.63, 3.8) is 0 Å². The van der Waals surface area contributed by atoms with Crippen LogP contribution in [0.5, 0.6) is 0 Å². The molecule has 2 atom stereocenters. The van der Waals surface area contributed by atoms with E-state index in [1.807, 2.05) is 12.1 Å². The Bertz CT molecular complexity index is 404. The van der Waals surface area contributed by atoms with Gasteiger partial charge in [0.25, 0.3) is 0 Å². The minimum absolute atomic E-state index is 0.0156. The number of fused-ring (bicyclic) bond motifs is 2. The standard InChI is InChI=1S/C15H24N2O2/c1-17-12-2-3-13(17)7-11(6-12)8-16-9-14-4-5-15(10-18)19-14/h4-5,11-13,16,18H,2-3,6-10H2,1H3. The molecular formula is C15H24N2O2. The lowest BCUT2D eigenvalue weighted by molar-refractivity contribution is 0.132. The van der Waals surface area contributed by atoms with Crippen LogP contribution >= 0.6 is 0 Å². The summed E-state index contributed by atoms with van der Waals surface area (Å²) in [4.78, 5) is 2.58. The Morgan fingerprint density at radius 3 is 2.58 bits per heavy atom. The molecule has 1 aromatic rings. The maximum Gasteiger partial charge on any atom is 0.129 e. The first-order valence-electron chi connectivity index (χ1n) is 7.37. The largest absolute Gasteiger partial charge is 0.462 e. The fraction of sp³-hybridized carbons (Fsp3) is 0.733. The van der Waals surface area contributed by atoms with Gasteiger partial charge in [0.05, 0.1) is 6.54 Å². The molecule has 3 rings (SSSR count). The van der Waals surface area contributed by atoms with E-state index in [0.29, 0.717) is 5.76 Å². The number of rotatable bonds is 5. The monoisotopic (exact) mass is 264 g/mol. The van der Waals surface area contributed by atoms with E-state index in [4.69, 9.17) is 9.52 Å². The number of hydrogen-bond donors (Lipinski definition) is 2. The number of piperidine rings is 1. The quantitative estimate of drug-likeness (QED) is 0.850. The highest BCUT2D eigenvalue weighted by Crippen LogP contribution is 2.36. The van der Waals surface area contributed by atoms with Crippen molar-refractivity contribution >= 4 is 0 Å². The zero-order chi connectivity index (χ0) is 13.2. The molecule has 0 spiro atoms. The highest BCUT2D eigenvalue weighted by molar-refractivity contribution is 5.06. The zero-order valence-electron chi connectivity index (χ0n) is 11.6. The molecule has 0 saturated carbocycles. The molecule has 2 unspecified atom stereocenters. The molecule has 4 nitrogen and oxygen atoms in total. The van der Waals surface area contributed by atoms with Gasteiger partial charge in [-0.25, -0.2) is 0 Å². The van der Waals surface area contributed by atoms with Crippen molar-refractivity contribution in [1.29, 1.82) is 0 Å². The lowest BCUT2D eigenvalue weighted by atomic mass is 9.91. The highest BCUT2D eigenvalue weighted by Gasteiger charge is 2.37. The van der Waals surface area contributed by atoms with Crippen LogP contribution in [0.3, 0.4) is 0 Å². The molecule has 0 amide bonds. The molecule has 1 aromatic heterocycles. The third-order valence-electron chi connectivity index (χ3n) is 4.80. The second kappa shape index (κ2) is 5.65. The third kappa shape index (κ3) is 2.86. The van der Waals surface area contributed by atoms with Gasteiger partial charge in [-0.1, -0.05) is 0 Å². The first kappa shape index (κ1) is 13.2. The highest BCUT2D eigenvalue weighted by atomic mass is 16.4. The summed E-state index contributed by atoms with van der Waals surface area (Å²) < 4.78 is 5.47. The number of nitrogens with zero attached hydrogens (tertiary/aromatic N) is 1. The van der Waals surface area contributed by atoms with E-state index in [0.717, 1.165) is 36.9 Å². The molecule has 2 bridgehead atoms. The number of hydrogen-bond acceptors (Lipinski definition) is 4. The molecular weight excluding hydrogens is 240 g/mol. The van der Waals surface area contributed by atoms with Gasteiger partial charge in [-0.3, -0.25) is 0 Å². The fourth-order valence-corrected chi connectivity index (χ4v) is 3.69. The molecule has 2 N–H and O–H groups in total. The number of nitrogens with one attached hydrogen (secondary N) is 1. The van der Waals surface area contributed by atoms with Crippen LogP contribution in [0.25, 0.3) is 0 Å². The van der Waals surface area contributed by atoms with Gasteiger partial charge in [0, 0.05) is 12.1 Å². The Balaban J connectivity index is 1.43. The van der Waals surface area contributed by atoms with Crippen LogP contribution in [-0.2, 0) is 13.2 Å². The normalized spacial score (nSPS) is 30.9. The van der Waals surface area contributed by atoms with Crippen LogP contribution < -0.4 is 5.32 Å². The minimum Gasteiger partial charge on any atom is -0.462 e. The van der Waals surface area contributed by atoms with Crippen LogP contribution in [0.4, 0.5) is 0 Å². The van der Waals surface area contributed by atoms with Crippen molar-refractivity contribution < 1.29 is 9.52 Å². The van der Waals surface area contributed by atoms with Gasteiger partial charge in [-0.15, -0.1) is 0 Å². The predicted molar refractivity (Wildman–Crippen MR) is 73.6 cm³/mol. The Morgan fingerprint density at radius 1 is 1.26 bits per heavy atom. The van der Waals surface area contributed by atoms with E-state index in [1.54, 1.807) is 0 Å². The molecule has 2 aliphatic rings. The van der Waals surface area contributed by atoms with Gasteiger partial charge in [0.2, 0.25) is 0 Å².